The van der Waals surface area contributed by atoms with E-state index in [1.54, 1.807) is 7.11 Å². The molecule has 0 atom stereocenters. The molecule has 0 unspecified atom stereocenters. The Kier molecular flexibility index (Phi) is 3.05. The van der Waals surface area contributed by atoms with E-state index in [0.29, 0.717) is 0 Å². The first kappa shape index (κ1) is 10.5. The molecule has 0 bridgehead atoms. The fraction of sp³-hybridized carbons (Fsp3) is 0.273. The molecule has 2 rings (SSSR count). The molecule has 0 aliphatic rings. The molecular weight excluding hydrogens is 204 g/mol. The summed E-state index contributed by atoms with van der Waals surface area (Å²) >= 11 is 0. The quantitative estimate of drug-likeness (QED) is 0.825. The molecule has 16 heavy (non-hydrogen) atoms. The van der Waals surface area contributed by atoms with Gasteiger partial charge >= 0.3 is 0 Å². The van der Waals surface area contributed by atoms with Crippen LogP contribution in [0.1, 0.15) is 12.6 Å². The van der Waals surface area contributed by atoms with Gasteiger partial charge in [-0.1, -0.05) is 6.92 Å². The molecule has 2 N–H and O–H groups in total. The molecule has 5 heteroatoms. The van der Waals surface area contributed by atoms with Crippen LogP contribution in [-0.4, -0.2) is 22.5 Å². The Morgan fingerprint density at radius 1 is 1.25 bits per heavy atom. The monoisotopic (exact) mass is 218 g/mol. The molecule has 1 heterocycles. The number of ether oxygens (including phenoxy) is 1. The minimum atomic E-state index is 0.771. The van der Waals surface area contributed by atoms with Crippen LogP contribution in [0.2, 0.25) is 0 Å². The van der Waals surface area contributed by atoms with Crippen molar-refractivity contribution in [3.63, 3.8) is 0 Å². The molecule has 1 aromatic carbocycles. The van der Waals surface area contributed by atoms with Crippen LogP contribution in [0.25, 0.3) is 0 Å². The van der Waals surface area contributed by atoms with Crippen molar-refractivity contribution in [1.29, 1.82) is 0 Å². The molecule has 0 fully saturated rings. The lowest BCUT2D eigenvalue weighted by atomic mass is 10.3. The van der Waals surface area contributed by atoms with Gasteiger partial charge in [0.2, 0.25) is 0 Å². The third kappa shape index (κ3) is 2.13. The maximum Gasteiger partial charge on any atom is 0.175 e. The fourth-order valence-corrected chi connectivity index (χ4v) is 1.41. The number of benzene rings is 1. The molecule has 0 saturated carbocycles. The zero-order valence-corrected chi connectivity index (χ0v) is 9.32. The molecule has 0 saturated heterocycles. The number of aromatic nitrogens is 3. The molecular formula is C11H14N4O. The SMILES string of the molecule is CCc1n[nH]nc1Nc1ccc(OC)cc1. The average molecular weight is 218 g/mol. The van der Waals surface area contributed by atoms with Gasteiger partial charge in [-0.3, -0.25) is 0 Å². The average Bonchev–Trinajstić information content (AvgIpc) is 2.77. The van der Waals surface area contributed by atoms with E-state index in [2.05, 4.69) is 20.7 Å². The second kappa shape index (κ2) is 4.65. The second-order valence-electron chi connectivity index (χ2n) is 3.33. The van der Waals surface area contributed by atoms with Gasteiger partial charge in [0.1, 0.15) is 11.4 Å². The van der Waals surface area contributed by atoms with Gasteiger partial charge in [-0.05, 0) is 30.7 Å². The summed E-state index contributed by atoms with van der Waals surface area (Å²) in [5.41, 5.74) is 1.89. The number of anilines is 2. The largest absolute Gasteiger partial charge is 0.497 e. The van der Waals surface area contributed by atoms with Crippen LogP contribution in [0.3, 0.4) is 0 Å². The summed E-state index contributed by atoms with van der Waals surface area (Å²) in [6.07, 6.45) is 0.842. The number of aromatic amines is 1. The van der Waals surface area contributed by atoms with Gasteiger partial charge in [0.15, 0.2) is 5.82 Å². The van der Waals surface area contributed by atoms with Gasteiger partial charge in [0.05, 0.1) is 7.11 Å². The molecule has 2 aromatic rings. The highest BCUT2D eigenvalue weighted by Crippen LogP contribution is 2.19. The van der Waals surface area contributed by atoms with E-state index < -0.39 is 0 Å². The van der Waals surface area contributed by atoms with Crippen LogP contribution >= 0.6 is 0 Å². The first-order valence-electron chi connectivity index (χ1n) is 5.14. The zero-order valence-electron chi connectivity index (χ0n) is 9.32. The van der Waals surface area contributed by atoms with Gasteiger partial charge < -0.3 is 10.1 Å². The van der Waals surface area contributed by atoms with Crippen LogP contribution in [0, 0.1) is 0 Å². The predicted octanol–water partition coefficient (Wildman–Crippen LogP) is 2.12. The summed E-state index contributed by atoms with van der Waals surface area (Å²) in [6.45, 7) is 2.04. The Morgan fingerprint density at radius 2 is 2.00 bits per heavy atom. The number of aryl methyl sites for hydroxylation is 1. The van der Waals surface area contributed by atoms with Gasteiger partial charge in [-0.25, -0.2) is 0 Å². The van der Waals surface area contributed by atoms with Crippen molar-refractivity contribution in [3.8, 4) is 5.75 Å². The van der Waals surface area contributed by atoms with Gasteiger partial charge in [0.25, 0.3) is 0 Å². The zero-order chi connectivity index (χ0) is 11.4. The lowest BCUT2D eigenvalue weighted by Gasteiger charge is -2.05. The van der Waals surface area contributed by atoms with Crippen molar-refractivity contribution < 1.29 is 4.74 Å². The maximum absolute atomic E-state index is 5.09. The van der Waals surface area contributed by atoms with E-state index in [0.717, 1.165) is 29.4 Å². The van der Waals surface area contributed by atoms with Crippen molar-refractivity contribution in [1.82, 2.24) is 15.4 Å². The highest BCUT2D eigenvalue weighted by molar-refractivity contribution is 5.58. The Bertz CT molecular complexity index is 449. The van der Waals surface area contributed by atoms with Crippen LogP contribution in [0.4, 0.5) is 11.5 Å². The van der Waals surface area contributed by atoms with Crippen molar-refractivity contribution in [3.05, 3.63) is 30.0 Å². The number of hydrogen-bond donors (Lipinski definition) is 2. The smallest absolute Gasteiger partial charge is 0.175 e. The number of rotatable bonds is 4. The second-order valence-corrected chi connectivity index (χ2v) is 3.33. The number of hydrogen-bond acceptors (Lipinski definition) is 4. The van der Waals surface area contributed by atoms with E-state index in [1.165, 1.54) is 0 Å². The van der Waals surface area contributed by atoms with Crippen molar-refractivity contribution in [2.45, 2.75) is 13.3 Å². The van der Waals surface area contributed by atoms with E-state index in [9.17, 15) is 0 Å². The van der Waals surface area contributed by atoms with Crippen LogP contribution < -0.4 is 10.1 Å². The van der Waals surface area contributed by atoms with Crippen LogP contribution in [-0.2, 0) is 6.42 Å². The fourth-order valence-electron chi connectivity index (χ4n) is 1.41. The lowest BCUT2D eigenvalue weighted by molar-refractivity contribution is 0.415. The first-order valence-corrected chi connectivity index (χ1v) is 5.14. The van der Waals surface area contributed by atoms with E-state index in [4.69, 9.17) is 4.74 Å². The molecule has 0 amide bonds. The Hall–Kier alpha value is -2.04. The normalized spacial score (nSPS) is 10.1. The Balaban J connectivity index is 2.14. The lowest BCUT2D eigenvalue weighted by Crippen LogP contribution is -1.94. The molecule has 0 aliphatic heterocycles. The van der Waals surface area contributed by atoms with E-state index in [-0.39, 0.29) is 0 Å². The summed E-state index contributed by atoms with van der Waals surface area (Å²) in [4.78, 5) is 0. The van der Waals surface area contributed by atoms with Crippen molar-refractivity contribution >= 4 is 11.5 Å². The van der Waals surface area contributed by atoms with Crippen molar-refractivity contribution in [2.24, 2.45) is 0 Å². The summed E-state index contributed by atoms with van der Waals surface area (Å²) < 4.78 is 5.09. The summed E-state index contributed by atoms with van der Waals surface area (Å²) in [7, 11) is 1.65. The summed E-state index contributed by atoms with van der Waals surface area (Å²) in [5, 5.41) is 13.9. The third-order valence-corrected chi connectivity index (χ3v) is 2.31. The third-order valence-electron chi connectivity index (χ3n) is 2.31. The first-order chi connectivity index (χ1) is 7.83. The molecule has 1 aromatic heterocycles. The van der Waals surface area contributed by atoms with Gasteiger partial charge in [-0.15, -0.1) is 5.10 Å². The highest BCUT2D eigenvalue weighted by Gasteiger charge is 2.05. The van der Waals surface area contributed by atoms with Crippen molar-refractivity contribution in [2.75, 3.05) is 12.4 Å². The topological polar surface area (TPSA) is 62.8 Å². The predicted molar refractivity (Wildman–Crippen MR) is 62.0 cm³/mol. The molecule has 0 radical (unpaired) electrons. The molecule has 5 nitrogen and oxygen atoms in total. The van der Waals surface area contributed by atoms with Gasteiger partial charge in [-0.2, -0.15) is 10.3 Å². The standard InChI is InChI=1S/C11H14N4O/c1-3-10-11(14-15-13-10)12-8-4-6-9(16-2)7-5-8/h4-7H,3H2,1-2H3,(H2,12,13,14,15). The minimum absolute atomic E-state index is 0.771. The minimum Gasteiger partial charge on any atom is -0.497 e. The van der Waals surface area contributed by atoms with Gasteiger partial charge in [0, 0.05) is 5.69 Å². The highest BCUT2D eigenvalue weighted by atomic mass is 16.5. The van der Waals surface area contributed by atoms with E-state index >= 15 is 0 Å². The maximum atomic E-state index is 5.09. The number of nitrogens with zero attached hydrogens (tertiary/aromatic N) is 2. The van der Waals surface area contributed by atoms with E-state index in [1.807, 2.05) is 31.2 Å². The number of nitrogens with one attached hydrogen (secondary N) is 2. The molecule has 84 valence electrons. The van der Waals surface area contributed by atoms with Crippen LogP contribution in [0.15, 0.2) is 24.3 Å². The Morgan fingerprint density at radius 3 is 2.62 bits per heavy atom. The number of methoxy groups -OCH3 is 1. The summed E-state index contributed by atoms with van der Waals surface area (Å²) in [6, 6.07) is 7.67. The Labute approximate surface area is 93.8 Å². The number of H-pyrrole nitrogens is 1. The molecule has 0 aliphatic carbocycles. The summed E-state index contributed by atoms with van der Waals surface area (Å²) in [5.74, 6) is 1.61. The molecule has 0 spiro atoms. The van der Waals surface area contributed by atoms with Crippen LogP contribution in [0.5, 0.6) is 5.75 Å².